The molecule has 2 rings (SSSR count). The van der Waals surface area contributed by atoms with Crippen LogP contribution in [-0.4, -0.2) is 28.0 Å². The lowest BCUT2D eigenvalue weighted by Gasteiger charge is -2.18. The fourth-order valence-electron chi connectivity index (χ4n) is 1.81. The van der Waals surface area contributed by atoms with Crippen molar-refractivity contribution < 1.29 is 22.1 Å². The molecule has 106 valence electrons. The molecule has 0 bridgehead atoms. The third-order valence-corrected chi connectivity index (χ3v) is 4.59. The first-order valence-corrected chi connectivity index (χ1v) is 8.05. The molecule has 0 spiro atoms. The maximum absolute atomic E-state index is 11.5. The molecule has 1 aromatic carbocycles. The van der Waals surface area contributed by atoms with Gasteiger partial charge in [0.2, 0.25) is 0 Å². The summed E-state index contributed by atoms with van der Waals surface area (Å²) in [5.41, 5.74) is 0.872. The van der Waals surface area contributed by atoms with Crippen molar-refractivity contribution in [3.63, 3.8) is 0 Å². The lowest BCUT2D eigenvalue weighted by Crippen LogP contribution is -2.38. The highest BCUT2D eigenvalue weighted by Crippen LogP contribution is 2.33. The highest BCUT2D eigenvalue weighted by atomic mass is 127. The summed E-state index contributed by atoms with van der Waals surface area (Å²) in [6.45, 7) is 1.71. The minimum absolute atomic E-state index is 0.495. The number of halogens is 1. The topological polar surface area (TPSA) is 73.9 Å². The van der Waals surface area contributed by atoms with Crippen LogP contribution in [0.15, 0.2) is 24.3 Å². The van der Waals surface area contributed by atoms with Crippen LogP contribution in [0.4, 0.5) is 0 Å². The van der Waals surface area contributed by atoms with Gasteiger partial charge in [0.15, 0.2) is 12.5 Å². The molecule has 1 N–H and O–H groups in total. The fraction of sp³-hybridized carbons (Fsp3) is 0.455. The van der Waals surface area contributed by atoms with E-state index in [1.54, 1.807) is 6.92 Å². The smallest absolute Gasteiger partial charge is 0.337 e. The minimum Gasteiger partial charge on any atom is -0.341 e. The molecule has 3 atom stereocenters. The van der Waals surface area contributed by atoms with Crippen molar-refractivity contribution in [2.75, 3.05) is 7.11 Å². The molecule has 1 aromatic rings. The SMILES string of the molecule is COS(=O)(=O)N[C@H]1OC(C)O[C@H]1c1ccccc1I. The van der Waals surface area contributed by atoms with Crippen LogP contribution in [0.3, 0.4) is 0 Å². The van der Waals surface area contributed by atoms with Gasteiger partial charge in [0.25, 0.3) is 0 Å². The van der Waals surface area contributed by atoms with Gasteiger partial charge >= 0.3 is 10.3 Å². The van der Waals surface area contributed by atoms with Crippen LogP contribution in [0.2, 0.25) is 0 Å². The van der Waals surface area contributed by atoms with E-state index in [0.717, 1.165) is 16.2 Å². The molecule has 0 aromatic heterocycles. The third kappa shape index (κ3) is 3.64. The Bertz CT molecular complexity index is 550. The molecule has 1 aliphatic rings. The Morgan fingerprint density at radius 1 is 1.32 bits per heavy atom. The van der Waals surface area contributed by atoms with E-state index in [2.05, 4.69) is 31.5 Å². The molecular formula is C11H14INO5S. The van der Waals surface area contributed by atoms with Gasteiger partial charge in [-0.3, -0.25) is 4.18 Å². The van der Waals surface area contributed by atoms with Gasteiger partial charge in [0, 0.05) is 3.57 Å². The second-order valence-electron chi connectivity index (χ2n) is 3.94. The summed E-state index contributed by atoms with van der Waals surface area (Å²) in [5, 5.41) is 0. The summed E-state index contributed by atoms with van der Waals surface area (Å²) in [5.74, 6) is 0. The average Bonchev–Trinajstić information content (AvgIpc) is 2.70. The van der Waals surface area contributed by atoms with Crippen molar-refractivity contribution >= 4 is 32.9 Å². The molecule has 19 heavy (non-hydrogen) atoms. The van der Waals surface area contributed by atoms with Gasteiger partial charge < -0.3 is 9.47 Å². The molecule has 1 aliphatic heterocycles. The van der Waals surface area contributed by atoms with E-state index in [1.807, 2.05) is 24.3 Å². The van der Waals surface area contributed by atoms with E-state index in [9.17, 15) is 8.42 Å². The summed E-state index contributed by atoms with van der Waals surface area (Å²) in [6, 6.07) is 7.57. The molecule has 0 aliphatic carbocycles. The monoisotopic (exact) mass is 399 g/mol. The zero-order valence-corrected chi connectivity index (χ0v) is 13.3. The lowest BCUT2D eigenvalue weighted by molar-refractivity contribution is -0.0524. The average molecular weight is 399 g/mol. The first kappa shape index (κ1) is 15.1. The molecule has 0 saturated carbocycles. The molecule has 1 heterocycles. The van der Waals surface area contributed by atoms with Crippen LogP contribution in [0.25, 0.3) is 0 Å². The van der Waals surface area contributed by atoms with Gasteiger partial charge in [-0.1, -0.05) is 18.2 Å². The second kappa shape index (κ2) is 6.02. The first-order chi connectivity index (χ1) is 8.93. The molecule has 0 radical (unpaired) electrons. The quantitative estimate of drug-likeness (QED) is 0.778. The van der Waals surface area contributed by atoms with Gasteiger partial charge in [0.1, 0.15) is 6.10 Å². The predicted octanol–water partition coefficient (Wildman–Crippen LogP) is 1.53. The molecule has 1 fully saturated rings. The van der Waals surface area contributed by atoms with Gasteiger partial charge in [-0.2, -0.15) is 13.1 Å². The normalized spacial score (nSPS) is 27.6. The van der Waals surface area contributed by atoms with Gasteiger partial charge in [0.05, 0.1) is 7.11 Å². The van der Waals surface area contributed by atoms with Gasteiger partial charge in [-0.25, -0.2) is 0 Å². The molecule has 0 amide bonds. The highest BCUT2D eigenvalue weighted by molar-refractivity contribution is 14.1. The maximum atomic E-state index is 11.5. The Kier molecular flexibility index (Phi) is 4.79. The first-order valence-electron chi connectivity index (χ1n) is 5.56. The van der Waals surface area contributed by atoms with E-state index in [4.69, 9.17) is 9.47 Å². The summed E-state index contributed by atoms with van der Waals surface area (Å²) in [7, 11) is -2.75. The molecular weight excluding hydrogens is 385 g/mol. The van der Waals surface area contributed by atoms with E-state index in [-0.39, 0.29) is 0 Å². The Labute approximate surface area is 125 Å². The Balaban J connectivity index is 2.26. The van der Waals surface area contributed by atoms with E-state index in [1.165, 1.54) is 0 Å². The van der Waals surface area contributed by atoms with Crippen molar-refractivity contribution in [3.8, 4) is 0 Å². The fourth-order valence-corrected chi connectivity index (χ4v) is 3.06. The van der Waals surface area contributed by atoms with Crippen LogP contribution in [-0.2, 0) is 24.0 Å². The zero-order chi connectivity index (χ0) is 14.0. The van der Waals surface area contributed by atoms with Crippen molar-refractivity contribution in [3.05, 3.63) is 33.4 Å². The van der Waals surface area contributed by atoms with Crippen molar-refractivity contribution in [1.29, 1.82) is 0 Å². The van der Waals surface area contributed by atoms with Crippen molar-refractivity contribution in [2.24, 2.45) is 0 Å². The summed E-state index contributed by atoms with van der Waals surface area (Å²) >= 11 is 2.17. The lowest BCUT2D eigenvalue weighted by atomic mass is 10.1. The number of nitrogens with one attached hydrogen (secondary N) is 1. The van der Waals surface area contributed by atoms with Crippen LogP contribution in [0.1, 0.15) is 18.6 Å². The number of hydrogen-bond acceptors (Lipinski definition) is 5. The van der Waals surface area contributed by atoms with Crippen LogP contribution < -0.4 is 4.72 Å². The molecule has 6 nitrogen and oxygen atoms in total. The number of rotatable bonds is 4. The summed E-state index contributed by atoms with van der Waals surface area (Å²) in [4.78, 5) is 0. The summed E-state index contributed by atoms with van der Waals surface area (Å²) < 4.78 is 41.6. The van der Waals surface area contributed by atoms with Crippen molar-refractivity contribution in [1.82, 2.24) is 4.72 Å². The van der Waals surface area contributed by atoms with Crippen molar-refractivity contribution in [2.45, 2.75) is 25.5 Å². The third-order valence-electron chi connectivity index (χ3n) is 2.64. The molecule has 1 unspecified atom stereocenters. The molecule has 1 saturated heterocycles. The van der Waals surface area contributed by atoms with E-state index in [0.29, 0.717) is 0 Å². The zero-order valence-electron chi connectivity index (χ0n) is 10.4. The Hall–Kier alpha value is -0.260. The molecule has 8 heteroatoms. The van der Waals surface area contributed by atoms with Gasteiger partial charge in [-0.15, -0.1) is 0 Å². The van der Waals surface area contributed by atoms with Crippen LogP contribution in [0, 0.1) is 3.57 Å². The highest BCUT2D eigenvalue weighted by Gasteiger charge is 2.38. The Morgan fingerprint density at radius 2 is 2.00 bits per heavy atom. The predicted molar refractivity (Wildman–Crippen MR) is 76.4 cm³/mol. The van der Waals surface area contributed by atoms with Crippen LogP contribution in [0.5, 0.6) is 0 Å². The maximum Gasteiger partial charge on any atom is 0.337 e. The van der Waals surface area contributed by atoms with Gasteiger partial charge in [-0.05, 0) is 41.1 Å². The number of ether oxygens (including phenoxy) is 2. The standard InChI is InChI=1S/C11H14INO5S/c1-7-17-10(8-5-3-4-6-9(8)12)11(18-7)13-19(14,15)16-2/h3-7,10-11,13H,1-2H3/t7?,10-,11-/m0/s1. The second-order valence-corrected chi connectivity index (χ2v) is 6.58. The van der Waals surface area contributed by atoms with Crippen LogP contribution >= 0.6 is 22.6 Å². The van der Waals surface area contributed by atoms with E-state index < -0.39 is 28.9 Å². The Morgan fingerprint density at radius 3 is 2.63 bits per heavy atom. The van der Waals surface area contributed by atoms with E-state index >= 15 is 0 Å². The number of hydrogen-bond donors (Lipinski definition) is 1. The number of benzene rings is 1. The minimum atomic E-state index is -3.84. The summed E-state index contributed by atoms with van der Waals surface area (Å²) in [6.07, 6.45) is -1.81. The largest absolute Gasteiger partial charge is 0.341 e.